The van der Waals surface area contributed by atoms with Crippen LogP contribution in [0.4, 0.5) is 34.1 Å². The van der Waals surface area contributed by atoms with E-state index in [1.807, 2.05) is 48.5 Å². The minimum absolute atomic E-state index is 0.559. The molecule has 6 nitrogen and oxygen atoms in total. The number of anilines is 6. The van der Waals surface area contributed by atoms with Crippen LogP contribution in [0.3, 0.4) is 0 Å². The lowest BCUT2D eigenvalue weighted by Crippen LogP contribution is -2.15. The van der Waals surface area contributed by atoms with E-state index >= 15 is 0 Å². The van der Waals surface area contributed by atoms with E-state index < -0.39 is 0 Å². The number of oxazole rings is 2. The highest BCUT2D eigenvalue weighted by Crippen LogP contribution is 2.54. The molecule has 0 N–H and O–H groups in total. The molecule has 0 saturated carbocycles. The number of hydrogen-bond acceptors (Lipinski definition) is 8. The Morgan fingerprint density at radius 1 is 0.345 bits per heavy atom. The van der Waals surface area contributed by atoms with Crippen LogP contribution >= 0.6 is 23.5 Å². The van der Waals surface area contributed by atoms with Crippen LogP contribution in [0.2, 0.25) is 0 Å². The first-order valence-corrected chi connectivity index (χ1v) is 20.7. The number of benzene rings is 8. The zero-order valence-electron chi connectivity index (χ0n) is 30.7. The first-order chi connectivity index (χ1) is 28.7. The van der Waals surface area contributed by atoms with Crippen LogP contribution < -0.4 is 9.80 Å². The number of fused-ring (bicyclic) bond motifs is 6. The van der Waals surface area contributed by atoms with E-state index in [2.05, 4.69) is 143 Å². The Hall–Kier alpha value is -7.00. The van der Waals surface area contributed by atoms with Crippen molar-refractivity contribution >= 4 is 79.8 Å². The van der Waals surface area contributed by atoms with Crippen LogP contribution in [0.5, 0.6) is 0 Å². The molecule has 0 aliphatic carbocycles. The van der Waals surface area contributed by atoms with Gasteiger partial charge in [0.1, 0.15) is 11.0 Å². The molecule has 0 amide bonds. The van der Waals surface area contributed by atoms with Crippen molar-refractivity contribution in [3.63, 3.8) is 0 Å². The van der Waals surface area contributed by atoms with Crippen LogP contribution in [0.25, 0.3) is 56.2 Å². The largest absolute Gasteiger partial charge is 0.436 e. The highest BCUT2D eigenvalue weighted by Gasteiger charge is 2.28. The van der Waals surface area contributed by atoms with Crippen LogP contribution in [-0.2, 0) is 0 Å². The van der Waals surface area contributed by atoms with Crippen molar-refractivity contribution in [3.8, 4) is 34.0 Å². The van der Waals surface area contributed by atoms with E-state index in [0.717, 1.165) is 78.6 Å². The molecule has 2 aromatic heterocycles. The van der Waals surface area contributed by atoms with Crippen molar-refractivity contribution < 1.29 is 8.83 Å². The third-order valence-electron chi connectivity index (χ3n) is 10.6. The second-order valence-corrected chi connectivity index (χ2v) is 16.4. The predicted molar refractivity (Wildman–Crippen MR) is 235 cm³/mol. The van der Waals surface area contributed by atoms with Gasteiger partial charge in [-0.2, -0.15) is 0 Å². The Morgan fingerprint density at radius 3 is 1.05 bits per heavy atom. The van der Waals surface area contributed by atoms with Gasteiger partial charge in [-0.25, -0.2) is 9.97 Å². The number of aromatic nitrogens is 2. The average molecular weight is 783 g/mol. The second kappa shape index (κ2) is 13.3. The molecule has 0 spiro atoms. The summed E-state index contributed by atoms with van der Waals surface area (Å²) in [5, 5.41) is 0. The molecule has 0 atom stereocenters. The lowest BCUT2D eigenvalue weighted by Gasteiger charge is -2.34. The lowest BCUT2D eigenvalue weighted by atomic mass is 9.97. The smallest absolute Gasteiger partial charge is 0.227 e. The van der Waals surface area contributed by atoms with Gasteiger partial charge in [-0.3, -0.25) is 0 Å². The molecule has 10 aromatic rings. The molecule has 4 heterocycles. The van der Waals surface area contributed by atoms with Gasteiger partial charge < -0.3 is 18.6 Å². The summed E-state index contributed by atoms with van der Waals surface area (Å²) in [6.07, 6.45) is 0. The lowest BCUT2D eigenvalue weighted by molar-refractivity contribution is 0.619. The van der Waals surface area contributed by atoms with Crippen molar-refractivity contribution in [2.24, 2.45) is 0 Å². The summed E-state index contributed by atoms with van der Waals surface area (Å²) in [4.78, 5) is 19.5. The first-order valence-electron chi connectivity index (χ1n) is 19.0. The zero-order chi connectivity index (χ0) is 38.2. The van der Waals surface area contributed by atoms with Gasteiger partial charge in [-0.05, 0) is 120 Å². The molecular weight excluding hydrogens is 753 g/mol. The van der Waals surface area contributed by atoms with E-state index in [-0.39, 0.29) is 0 Å². The summed E-state index contributed by atoms with van der Waals surface area (Å²) in [7, 11) is 0. The van der Waals surface area contributed by atoms with Crippen LogP contribution in [0.15, 0.2) is 210 Å². The zero-order valence-corrected chi connectivity index (χ0v) is 32.4. The van der Waals surface area contributed by atoms with Gasteiger partial charge >= 0.3 is 0 Å². The fraction of sp³-hybridized carbons (Fsp3) is 0. The summed E-state index contributed by atoms with van der Waals surface area (Å²) in [6, 6.07) is 63.5. The van der Waals surface area contributed by atoms with Gasteiger partial charge in [0.05, 0.1) is 22.7 Å². The van der Waals surface area contributed by atoms with E-state index in [1.165, 1.54) is 19.6 Å². The summed E-state index contributed by atoms with van der Waals surface area (Å²) < 4.78 is 13.0. The van der Waals surface area contributed by atoms with E-state index in [1.54, 1.807) is 23.5 Å². The molecule has 58 heavy (non-hydrogen) atoms. The Labute approximate surface area is 342 Å². The van der Waals surface area contributed by atoms with E-state index in [9.17, 15) is 0 Å². The van der Waals surface area contributed by atoms with Gasteiger partial charge in [0.25, 0.3) is 0 Å². The molecule has 8 aromatic carbocycles. The Bertz CT molecular complexity index is 2870. The number of hydrogen-bond donors (Lipinski definition) is 0. The molecule has 274 valence electrons. The summed E-state index contributed by atoms with van der Waals surface area (Å²) in [5.41, 5.74) is 13.3. The van der Waals surface area contributed by atoms with Crippen LogP contribution in [0.1, 0.15) is 0 Å². The number of rotatable bonds is 5. The second-order valence-electron chi connectivity index (χ2n) is 14.3. The minimum Gasteiger partial charge on any atom is -0.436 e. The van der Waals surface area contributed by atoms with Gasteiger partial charge in [0, 0.05) is 42.1 Å². The highest BCUT2D eigenvalue weighted by molar-refractivity contribution is 8.00. The predicted octanol–water partition coefficient (Wildman–Crippen LogP) is 14.8. The Kier molecular flexibility index (Phi) is 7.61. The van der Waals surface area contributed by atoms with Gasteiger partial charge in [-0.1, -0.05) is 96.3 Å². The molecule has 0 bridgehead atoms. The topological polar surface area (TPSA) is 58.5 Å². The van der Waals surface area contributed by atoms with Crippen molar-refractivity contribution in [1.82, 2.24) is 9.97 Å². The molecular formula is C50H30N4O2S2. The van der Waals surface area contributed by atoms with E-state index in [4.69, 9.17) is 18.8 Å². The number of nitrogens with zero attached hydrogens (tertiary/aromatic N) is 4. The van der Waals surface area contributed by atoms with E-state index in [0.29, 0.717) is 11.8 Å². The summed E-state index contributed by atoms with van der Waals surface area (Å²) >= 11 is 3.59. The van der Waals surface area contributed by atoms with Crippen molar-refractivity contribution in [3.05, 3.63) is 182 Å². The molecule has 0 fully saturated rings. The molecule has 0 saturated heterocycles. The average Bonchev–Trinajstić information content (AvgIpc) is 3.92. The normalized spacial score (nSPS) is 13.0. The quantitative estimate of drug-likeness (QED) is 0.171. The molecule has 0 radical (unpaired) electrons. The molecule has 12 rings (SSSR count). The Balaban J connectivity index is 1.13. The van der Waals surface area contributed by atoms with Crippen molar-refractivity contribution in [1.29, 1.82) is 0 Å². The fourth-order valence-corrected chi connectivity index (χ4v) is 10.1. The minimum atomic E-state index is 0.559. The first kappa shape index (κ1) is 33.2. The molecule has 2 aliphatic heterocycles. The highest BCUT2D eigenvalue weighted by atomic mass is 32.2. The third kappa shape index (κ3) is 5.52. The third-order valence-corrected chi connectivity index (χ3v) is 12.9. The summed E-state index contributed by atoms with van der Waals surface area (Å²) in [6.45, 7) is 0. The molecule has 0 unspecified atom stereocenters. The summed E-state index contributed by atoms with van der Waals surface area (Å²) in [5.74, 6) is 1.12. The monoisotopic (exact) mass is 782 g/mol. The fourth-order valence-electron chi connectivity index (χ4n) is 8.02. The Morgan fingerprint density at radius 2 is 0.672 bits per heavy atom. The van der Waals surface area contributed by atoms with Crippen LogP contribution in [0, 0.1) is 0 Å². The number of para-hydroxylation sites is 8. The molecule has 2 aliphatic rings. The van der Waals surface area contributed by atoms with Gasteiger partial charge in [0.2, 0.25) is 11.8 Å². The maximum Gasteiger partial charge on any atom is 0.227 e. The maximum absolute atomic E-state index is 6.48. The standard InChI is InChI=1S/C50H30N4O2S2/c1-7-19-43-37(13-1)51-49(55-43)33-25-31(27-35(29-33)53-39-15-3-9-21-45(39)57-46-22-10-4-16-40(46)53)32-26-34(50-52-38-14-2-8-20-44(38)56-50)30-36(28-32)54-41-17-5-11-23-47(41)58-48-24-12-6-18-42(48)54/h1-30H. The van der Waals surface area contributed by atoms with Crippen LogP contribution in [-0.4, -0.2) is 9.97 Å². The maximum atomic E-state index is 6.48. The van der Waals surface area contributed by atoms with Crippen molar-refractivity contribution in [2.45, 2.75) is 19.6 Å². The van der Waals surface area contributed by atoms with Crippen molar-refractivity contribution in [2.75, 3.05) is 9.80 Å². The van der Waals surface area contributed by atoms with Gasteiger partial charge in [0.15, 0.2) is 11.2 Å². The SMILES string of the molecule is c1ccc2c(c1)Sc1ccccc1N2c1cc(-c2cc(-c3nc4ccccc4o3)cc(N3c4ccccc4Sc4ccccc43)c2)cc(-c2nc3ccccc3o2)c1. The molecule has 8 heteroatoms. The van der Waals surface area contributed by atoms with Gasteiger partial charge in [-0.15, -0.1) is 0 Å².